The number of aromatic nitrogens is 2. The molecule has 1 amide bonds. The summed E-state index contributed by atoms with van der Waals surface area (Å²) in [5, 5.41) is 0. The molecule has 0 aromatic carbocycles. The average Bonchev–Trinajstić information content (AvgIpc) is 3.28. The van der Waals surface area contributed by atoms with E-state index in [0.717, 1.165) is 36.6 Å². The highest BCUT2D eigenvalue weighted by Gasteiger charge is 2.50. The Kier molecular flexibility index (Phi) is 7.99. The van der Waals surface area contributed by atoms with Crippen molar-refractivity contribution in [3.8, 4) is 0 Å². The molecule has 0 radical (unpaired) electrons. The molecule has 7 unspecified atom stereocenters. The van der Waals surface area contributed by atoms with Gasteiger partial charge in [0.15, 0.2) is 5.82 Å². The van der Waals surface area contributed by atoms with Crippen molar-refractivity contribution in [2.45, 2.75) is 57.7 Å². The molecule has 0 bridgehead atoms. The second-order valence-electron chi connectivity index (χ2n) is 8.78. The van der Waals surface area contributed by atoms with Gasteiger partial charge in [-0.05, 0) is 49.4 Å². The summed E-state index contributed by atoms with van der Waals surface area (Å²) in [6.45, 7) is 5.73. The summed E-state index contributed by atoms with van der Waals surface area (Å²) in [4.78, 5) is 20.8. The molecule has 1 aromatic heterocycles. The van der Waals surface area contributed by atoms with E-state index in [1.165, 1.54) is 32.7 Å². The van der Waals surface area contributed by atoms with Crippen molar-refractivity contribution in [1.29, 1.82) is 0 Å². The van der Waals surface area contributed by atoms with Crippen molar-refractivity contribution in [3.05, 3.63) is 24.5 Å². The van der Waals surface area contributed by atoms with Crippen LogP contribution in [0.4, 0.5) is 9.18 Å². The van der Waals surface area contributed by atoms with E-state index in [0.29, 0.717) is 25.2 Å². The highest BCUT2D eigenvalue weighted by Crippen LogP contribution is 2.55. The lowest BCUT2D eigenvalue weighted by Crippen LogP contribution is -2.46. The molecule has 0 spiro atoms. The predicted molar refractivity (Wildman–Crippen MR) is 109 cm³/mol. The third kappa shape index (κ3) is 5.46. The van der Waals surface area contributed by atoms with Crippen molar-refractivity contribution >= 4 is 6.09 Å². The topological polar surface area (TPSA) is 73.8 Å². The van der Waals surface area contributed by atoms with Crippen LogP contribution in [0, 0.1) is 29.5 Å². The van der Waals surface area contributed by atoms with Gasteiger partial charge >= 0.3 is 6.09 Å². The Labute approximate surface area is 178 Å². The lowest BCUT2D eigenvalue weighted by atomic mass is 9.97. The van der Waals surface area contributed by atoms with Crippen LogP contribution in [0.15, 0.2) is 18.7 Å². The largest absolute Gasteiger partial charge is 0.453 e. The minimum absolute atomic E-state index is 0.0928. The zero-order valence-electron chi connectivity index (χ0n) is 18.4. The van der Waals surface area contributed by atoms with E-state index in [2.05, 4.69) is 23.8 Å². The quantitative estimate of drug-likeness (QED) is 0.721. The third-order valence-corrected chi connectivity index (χ3v) is 6.94. The van der Waals surface area contributed by atoms with E-state index >= 15 is 0 Å². The number of nitrogens with zero attached hydrogens (tertiary/aromatic N) is 3. The molecule has 2 heterocycles. The molecule has 8 heteroatoms. The molecule has 7 nitrogen and oxygen atoms in total. The Morgan fingerprint density at radius 2 is 1.87 bits per heavy atom. The number of fused-ring (bicyclic) bond motifs is 1. The average molecular weight is 424 g/mol. The predicted octanol–water partition coefficient (Wildman–Crippen LogP) is 3.55. The first kappa shape index (κ1) is 22.9. The molecular formula is C22H34FN3O4. The van der Waals surface area contributed by atoms with E-state index in [1.54, 1.807) is 7.11 Å². The lowest BCUT2D eigenvalue weighted by molar-refractivity contribution is -0.0155. The zero-order valence-corrected chi connectivity index (χ0v) is 18.4. The van der Waals surface area contributed by atoms with Gasteiger partial charge in [-0.2, -0.15) is 0 Å². The van der Waals surface area contributed by atoms with Crippen LogP contribution in [0.1, 0.15) is 39.5 Å². The SMILES string of the molecule is COCC1CC(C)C(COC2CCC3C(C)C3C2)N1C(=O)OC.Fc1cncnc1. The number of carbonyl (C=O) groups excluding carboxylic acids is 1. The third-order valence-electron chi connectivity index (χ3n) is 6.94. The maximum atomic E-state index is 12.2. The summed E-state index contributed by atoms with van der Waals surface area (Å²) in [5.74, 6) is 2.74. The summed E-state index contributed by atoms with van der Waals surface area (Å²) in [6, 6.07) is 0.187. The first-order valence-corrected chi connectivity index (χ1v) is 10.8. The number of hydrogen-bond donors (Lipinski definition) is 0. The molecule has 1 aromatic rings. The summed E-state index contributed by atoms with van der Waals surface area (Å²) < 4.78 is 28.3. The molecule has 1 saturated heterocycles. The summed E-state index contributed by atoms with van der Waals surface area (Å²) in [6.07, 6.45) is 8.23. The number of ether oxygens (including phenoxy) is 3. The fraction of sp³-hybridized carbons (Fsp3) is 0.773. The van der Waals surface area contributed by atoms with Crippen LogP contribution >= 0.6 is 0 Å². The number of hydrogen-bond acceptors (Lipinski definition) is 6. The van der Waals surface area contributed by atoms with Crippen LogP contribution in [-0.2, 0) is 14.2 Å². The van der Waals surface area contributed by atoms with Crippen molar-refractivity contribution in [2.24, 2.45) is 23.7 Å². The monoisotopic (exact) mass is 423 g/mol. The number of methoxy groups -OCH3 is 2. The molecule has 0 N–H and O–H groups in total. The molecule has 2 aliphatic carbocycles. The summed E-state index contributed by atoms with van der Waals surface area (Å²) >= 11 is 0. The van der Waals surface area contributed by atoms with Crippen molar-refractivity contribution in [1.82, 2.24) is 14.9 Å². The van der Waals surface area contributed by atoms with Gasteiger partial charge in [-0.15, -0.1) is 0 Å². The van der Waals surface area contributed by atoms with Crippen LogP contribution in [0.25, 0.3) is 0 Å². The van der Waals surface area contributed by atoms with Gasteiger partial charge in [-0.3, -0.25) is 4.90 Å². The van der Waals surface area contributed by atoms with Gasteiger partial charge in [0.1, 0.15) is 6.33 Å². The Hall–Kier alpha value is -1.80. The van der Waals surface area contributed by atoms with Gasteiger partial charge in [0.2, 0.25) is 0 Å². The van der Waals surface area contributed by atoms with E-state index < -0.39 is 5.82 Å². The fourth-order valence-corrected chi connectivity index (χ4v) is 5.19. The van der Waals surface area contributed by atoms with E-state index in [-0.39, 0.29) is 18.2 Å². The number of amides is 1. The zero-order chi connectivity index (χ0) is 21.7. The van der Waals surface area contributed by atoms with Gasteiger partial charge in [-0.25, -0.2) is 19.2 Å². The second kappa shape index (κ2) is 10.5. The van der Waals surface area contributed by atoms with Crippen molar-refractivity contribution in [2.75, 3.05) is 27.4 Å². The second-order valence-corrected chi connectivity index (χ2v) is 8.78. The number of halogens is 1. The lowest BCUT2D eigenvalue weighted by Gasteiger charge is -2.31. The number of likely N-dealkylation sites (tertiary alicyclic amines) is 1. The van der Waals surface area contributed by atoms with Gasteiger partial charge in [-0.1, -0.05) is 13.8 Å². The van der Waals surface area contributed by atoms with Crippen LogP contribution in [-0.4, -0.2) is 66.6 Å². The van der Waals surface area contributed by atoms with Crippen LogP contribution in [0.2, 0.25) is 0 Å². The normalized spacial score (nSPS) is 34.6. The van der Waals surface area contributed by atoms with E-state index in [9.17, 15) is 9.18 Å². The molecule has 7 atom stereocenters. The first-order chi connectivity index (χ1) is 14.5. The number of carbonyl (C=O) groups is 1. The minimum Gasteiger partial charge on any atom is -0.453 e. The molecule has 168 valence electrons. The minimum atomic E-state index is -0.400. The Morgan fingerprint density at radius 1 is 1.13 bits per heavy atom. The van der Waals surface area contributed by atoms with Gasteiger partial charge in [0.05, 0.1) is 50.9 Å². The number of rotatable bonds is 5. The van der Waals surface area contributed by atoms with Crippen molar-refractivity contribution < 1.29 is 23.4 Å². The molecule has 4 rings (SSSR count). The summed E-state index contributed by atoms with van der Waals surface area (Å²) in [7, 11) is 3.13. The highest BCUT2D eigenvalue weighted by atomic mass is 19.1. The maximum absolute atomic E-state index is 12.2. The Bertz CT molecular complexity index is 680. The Morgan fingerprint density at radius 3 is 2.43 bits per heavy atom. The fourth-order valence-electron chi connectivity index (χ4n) is 5.19. The molecule has 2 saturated carbocycles. The van der Waals surface area contributed by atoms with Gasteiger partial charge in [0.25, 0.3) is 0 Å². The van der Waals surface area contributed by atoms with Crippen LogP contribution in [0.5, 0.6) is 0 Å². The molecule has 3 aliphatic rings. The van der Waals surface area contributed by atoms with Gasteiger partial charge in [0, 0.05) is 7.11 Å². The van der Waals surface area contributed by atoms with Crippen LogP contribution < -0.4 is 0 Å². The molecule has 1 aliphatic heterocycles. The van der Waals surface area contributed by atoms with E-state index in [1.807, 2.05) is 4.90 Å². The van der Waals surface area contributed by atoms with Crippen LogP contribution in [0.3, 0.4) is 0 Å². The standard InChI is InChI=1S/C18H31NO4.C4H3FN2/c1-11-7-13(9-21-3)19(18(20)22-4)17(11)10-23-14-5-6-15-12(2)16(15)8-14;5-4-1-6-3-7-2-4/h11-17H,5-10H2,1-4H3;1-3H. The van der Waals surface area contributed by atoms with Crippen molar-refractivity contribution in [3.63, 3.8) is 0 Å². The molecule has 3 fully saturated rings. The highest BCUT2D eigenvalue weighted by molar-refractivity contribution is 5.69. The summed E-state index contributed by atoms with van der Waals surface area (Å²) in [5.41, 5.74) is 0. The van der Waals surface area contributed by atoms with E-state index in [4.69, 9.17) is 14.2 Å². The molecular weight excluding hydrogens is 389 g/mol. The Balaban J connectivity index is 0.000000310. The first-order valence-electron chi connectivity index (χ1n) is 10.8. The van der Waals surface area contributed by atoms with Gasteiger partial charge < -0.3 is 14.2 Å². The maximum Gasteiger partial charge on any atom is 0.410 e. The molecule has 30 heavy (non-hydrogen) atoms. The smallest absolute Gasteiger partial charge is 0.410 e.